The number of likely N-dealkylation sites (tertiary alicyclic amines) is 1. The second-order valence-electron chi connectivity index (χ2n) is 6.97. The van der Waals surface area contributed by atoms with Crippen molar-refractivity contribution in [1.82, 2.24) is 10.2 Å². The Morgan fingerprint density at radius 1 is 1.20 bits per heavy atom. The van der Waals surface area contributed by atoms with E-state index in [0.29, 0.717) is 18.4 Å². The lowest BCUT2D eigenvalue weighted by atomic mass is 9.85. The molecule has 1 saturated heterocycles. The molecule has 4 heteroatoms. The molecule has 0 aromatic carbocycles. The van der Waals surface area contributed by atoms with E-state index >= 15 is 0 Å². The topological polar surface area (TPSA) is 41.6 Å². The van der Waals surface area contributed by atoms with Gasteiger partial charge >= 0.3 is 5.97 Å². The van der Waals surface area contributed by atoms with E-state index < -0.39 is 0 Å². The van der Waals surface area contributed by atoms with E-state index in [0.717, 1.165) is 24.9 Å². The summed E-state index contributed by atoms with van der Waals surface area (Å²) in [6, 6.07) is 1.35. The molecule has 3 rings (SSSR count). The molecule has 0 radical (unpaired) electrons. The Morgan fingerprint density at radius 2 is 2.00 bits per heavy atom. The second-order valence-corrected chi connectivity index (χ2v) is 6.97. The van der Waals surface area contributed by atoms with Crippen molar-refractivity contribution in [3.8, 4) is 0 Å². The maximum absolute atomic E-state index is 11.6. The summed E-state index contributed by atoms with van der Waals surface area (Å²) < 4.78 is 4.85. The molecule has 1 N–H and O–H groups in total. The highest BCUT2D eigenvalue weighted by Crippen LogP contribution is 2.31. The van der Waals surface area contributed by atoms with Gasteiger partial charge in [-0.1, -0.05) is 6.42 Å². The highest BCUT2D eigenvalue weighted by Gasteiger charge is 2.35. The van der Waals surface area contributed by atoms with Gasteiger partial charge in [-0.2, -0.15) is 0 Å². The van der Waals surface area contributed by atoms with E-state index in [9.17, 15) is 4.79 Å². The van der Waals surface area contributed by atoms with E-state index in [1.807, 2.05) is 0 Å². The lowest BCUT2D eigenvalue weighted by Crippen LogP contribution is -2.54. The summed E-state index contributed by atoms with van der Waals surface area (Å²) in [5.74, 6) is 1.34. The number of hydrogen-bond acceptors (Lipinski definition) is 4. The SMILES string of the molecule is COC(=O)CC1CC(NCC2CC2)CN(C2CCC2)C1. The molecule has 114 valence electrons. The van der Waals surface area contributed by atoms with E-state index in [-0.39, 0.29) is 5.97 Å². The zero-order chi connectivity index (χ0) is 13.9. The maximum atomic E-state index is 11.6. The molecule has 2 atom stereocenters. The predicted molar refractivity (Wildman–Crippen MR) is 78.5 cm³/mol. The third kappa shape index (κ3) is 3.73. The van der Waals surface area contributed by atoms with Crippen LogP contribution >= 0.6 is 0 Å². The smallest absolute Gasteiger partial charge is 0.305 e. The van der Waals surface area contributed by atoms with Gasteiger partial charge in [0, 0.05) is 31.6 Å². The highest BCUT2D eigenvalue weighted by molar-refractivity contribution is 5.69. The molecule has 0 spiro atoms. The van der Waals surface area contributed by atoms with Crippen LogP contribution in [0.1, 0.15) is 44.9 Å². The van der Waals surface area contributed by atoms with E-state index in [1.165, 1.54) is 52.3 Å². The third-order valence-corrected chi connectivity index (χ3v) is 5.23. The number of esters is 1. The first kappa shape index (κ1) is 14.3. The predicted octanol–water partition coefficient (Wildman–Crippen LogP) is 1.79. The number of carbonyl (C=O) groups is 1. The van der Waals surface area contributed by atoms with Gasteiger partial charge in [-0.05, 0) is 50.5 Å². The molecule has 4 nitrogen and oxygen atoms in total. The summed E-state index contributed by atoms with van der Waals surface area (Å²) in [5, 5.41) is 3.74. The average Bonchev–Trinajstić information content (AvgIpc) is 3.18. The Kier molecular flexibility index (Phi) is 4.61. The summed E-state index contributed by atoms with van der Waals surface area (Å²) in [6.07, 6.45) is 8.59. The molecule has 0 bridgehead atoms. The second kappa shape index (κ2) is 6.44. The monoisotopic (exact) mass is 280 g/mol. The number of carbonyl (C=O) groups excluding carboxylic acids is 1. The van der Waals surface area contributed by atoms with Crippen molar-refractivity contribution in [2.45, 2.75) is 57.0 Å². The van der Waals surface area contributed by atoms with Gasteiger partial charge in [-0.15, -0.1) is 0 Å². The highest BCUT2D eigenvalue weighted by atomic mass is 16.5. The number of nitrogens with zero attached hydrogens (tertiary/aromatic N) is 1. The molecule has 0 amide bonds. The quantitative estimate of drug-likeness (QED) is 0.753. The van der Waals surface area contributed by atoms with Crippen LogP contribution in [0.2, 0.25) is 0 Å². The molecule has 2 saturated carbocycles. The molecule has 0 aromatic rings. The van der Waals surface area contributed by atoms with Crippen LogP contribution in [0.5, 0.6) is 0 Å². The minimum absolute atomic E-state index is 0.0496. The van der Waals surface area contributed by atoms with Crippen molar-refractivity contribution < 1.29 is 9.53 Å². The number of hydrogen-bond donors (Lipinski definition) is 1. The van der Waals surface area contributed by atoms with Crippen LogP contribution in [-0.2, 0) is 9.53 Å². The Bertz CT molecular complexity index is 339. The molecule has 1 heterocycles. The normalized spacial score (nSPS) is 31.9. The standard InChI is InChI=1S/C16H28N2O2/c1-20-16(19)8-13-7-14(17-9-12-5-6-12)11-18(10-13)15-3-2-4-15/h12-15,17H,2-11H2,1H3. The molecule has 3 aliphatic rings. The van der Waals surface area contributed by atoms with Crippen molar-refractivity contribution in [3.05, 3.63) is 0 Å². The average molecular weight is 280 g/mol. The zero-order valence-electron chi connectivity index (χ0n) is 12.6. The fraction of sp³-hybridized carbons (Fsp3) is 0.938. The van der Waals surface area contributed by atoms with Crippen molar-refractivity contribution >= 4 is 5.97 Å². The molecule has 1 aliphatic heterocycles. The zero-order valence-corrected chi connectivity index (χ0v) is 12.6. The number of rotatable bonds is 6. The van der Waals surface area contributed by atoms with E-state index in [4.69, 9.17) is 4.74 Å². The molecule has 3 fully saturated rings. The van der Waals surface area contributed by atoms with Crippen LogP contribution in [0.3, 0.4) is 0 Å². The Morgan fingerprint density at radius 3 is 2.60 bits per heavy atom. The lowest BCUT2D eigenvalue weighted by molar-refractivity contribution is -0.142. The van der Waals surface area contributed by atoms with Crippen molar-refractivity contribution in [3.63, 3.8) is 0 Å². The first-order valence-electron chi connectivity index (χ1n) is 8.29. The van der Waals surface area contributed by atoms with Gasteiger partial charge in [0.2, 0.25) is 0 Å². The number of ether oxygens (including phenoxy) is 1. The molecule has 2 aliphatic carbocycles. The van der Waals surface area contributed by atoms with Crippen LogP contribution in [-0.4, -0.2) is 49.7 Å². The van der Waals surface area contributed by atoms with Gasteiger partial charge in [-0.3, -0.25) is 9.69 Å². The Labute approximate surface area is 122 Å². The first-order chi connectivity index (χ1) is 9.74. The summed E-state index contributed by atoms with van der Waals surface area (Å²) in [6.45, 7) is 3.44. The van der Waals surface area contributed by atoms with Crippen molar-refractivity contribution in [2.75, 3.05) is 26.7 Å². The van der Waals surface area contributed by atoms with Gasteiger partial charge in [0.1, 0.15) is 0 Å². The number of piperidine rings is 1. The minimum atomic E-state index is -0.0496. The van der Waals surface area contributed by atoms with Crippen molar-refractivity contribution in [1.29, 1.82) is 0 Å². The van der Waals surface area contributed by atoms with Gasteiger partial charge in [0.05, 0.1) is 7.11 Å². The fourth-order valence-electron chi connectivity index (χ4n) is 3.56. The van der Waals surface area contributed by atoms with Crippen LogP contribution in [0.4, 0.5) is 0 Å². The maximum Gasteiger partial charge on any atom is 0.305 e. The van der Waals surface area contributed by atoms with E-state index in [1.54, 1.807) is 0 Å². The van der Waals surface area contributed by atoms with Gasteiger partial charge in [0.25, 0.3) is 0 Å². The van der Waals surface area contributed by atoms with Crippen LogP contribution < -0.4 is 5.32 Å². The van der Waals surface area contributed by atoms with Crippen LogP contribution in [0, 0.1) is 11.8 Å². The summed E-state index contributed by atoms with van der Waals surface area (Å²) in [5.41, 5.74) is 0. The van der Waals surface area contributed by atoms with Crippen molar-refractivity contribution in [2.24, 2.45) is 11.8 Å². The fourth-order valence-corrected chi connectivity index (χ4v) is 3.56. The lowest BCUT2D eigenvalue weighted by Gasteiger charge is -2.45. The van der Waals surface area contributed by atoms with Gasteiger partial charge in [0.15, 0.2) is 0 Å². The van der Waals surface area contributed by atoms with Gasteiger partial charge in [-0.25, -0.2) is 0 Å². The molecular formula is C16H28N2O2. The molecule has 2 unspecified atom stereocenters. The van der Waals surface area contributed by atoms with Gasteiger partial charge < -0.3 is 10.1 Å². The van der Waals surface area contributed by atoms with E-state index in [2.05, 4.69) is 10.2 Å². The number of nitrogens with one attached hydrogen (secondary N) is 1. The minimum Gasteiger partial charge on any atom is -0.469 e. The third-order valence-electron chi connectivity index (χ3n) is 5.23. The Hall–Kier alpha value is -0.610. The summed E-state index contributed by atoms with van der Waals surface area (Å²) in [4.78, 5) is 14.2. The van der Waals surface area contributed by atoms with Crippen LogP contribution in [0.15, 0.2) is 0 Å². The molecular weight excluding hydrogens is 252 g/mol. The summed E-state index contributed by atoms with van der Waals surface area (Å²) in [7, 11) is 1.50. The first-order valence-corrected chi connectivity index (χ1v) is 8.29. The summed E-state index contributed by atoms with van der Waals surface area (Å²) >= 11 is 0. The molecule has 20 heavy (non-hydrogen) atoms. The Balaban J connectivity index is 1.53. The molecule has 0 aromatic heterocycles. The largest absolute Gasteiger partial charge is 0.469 e. The number of methoxy groups -OCH3 is 1. The van der Waals surface area contributed by atoms with Crippen LogP contribution in [0.25, 0.3) is 0 Å².